The van der Waals surface area contributed by atoms with E-state index in [0.717, 1.165) is 3.57 Å². The number of esters is 1. The molecular weight excluding hydrogens is 346 g/mol. The molecule has 0 heterocycles. The van der Waals surface area contributed by atoms with Gasteiger partial charge >= 0.3 is 5.97 Å². The van der Waals surface area contributed by atoms with E-state index in [0.29, 0.717) is 5.56 Å². The zero-order valence-electron chi connectivity index (χ0n) is 10.7. The van der Waals surface area contributed by atoms with Crippen LogP contribution >= 0.6 is 22.6 Å². The lowest BCUT2D eigenvalue weighted by Crippen LogP contribution is -2.25. The quantitative estimate of drug-likeness (QED) is 0.458. The standard InChI is InChI=1S/C14H16FIO2/c1-9(13(17)18-14(2,3)4)12(15)10-6-5-7-11(16)8-10/h5-8,12H,1H2,2-4H3. The van der Waals surface area contributed by atoms with E-state index in [2.05, 4.69) is 29.2 Å². The number of benzene rings is 1. The van der Waals surface area contributed by atoms with Gasteiger partial charge in [-0.2, -0.15) is 0 Å². The number of rotatable bonds is 3. The van der Waals surface area contributed by atoms with Crippen LogP contribution in [0, 0.1) is 3.57 Å². The van der Waals surface area contributed by atoms with Gasteiger partial charge in [-0.25, -0.2) is 9.18 Å². The van der Waals surface area contributed by atoms with Crippen LogP contribution in [0.25, 0.3) is 0 Å². The minimum atomic E-state index is -1.53. The van der Waals surface area contributed by atoms with E-state index in [4.69, 9.17) is 4.74 Å². The van der Waals surface area contributed by atoms with E-state index in [1.165, 1.54) is 0 Å². The Morgan fingerprint density at radius 1 is 1.44 bits per heavy atom. The molecule has 0 aliphatic carbocycles. The molecule has 0 aromatic heterocycles. The second-order valence-corrected chi connectivity index (χ2v) is 6.19. The molecule has 0 radical (unpaired) electrons. The van der Waals surface area contributed by atoms with E-state index < -0.39 is 17.7 Å². The number of carbonyl (C=O) groups excluding carboxylic acids is 1. The molecule has 0 aliphatic rings. The summed E-state index contributed by atoms with van der Waals surface area (Å²) in [6, 6.07) is 6.90. The largest absolute Gasteiger partial charge is 0.457 e. The number of alkyl halides is 1. The molecule has 0 amide bonds. The minimum absolute atomic E-state index is 0.174. The summed E-state index contributed by atoms with van der Waals surface area (Å²) in [5.41, 5.74) is -0.408. The molecule has 18 heavy (non-hydrogen) atoms. The number of halogens is 2. The lowest BCUT2D eigenvalue weighted by molar-refractivity contribution is -0.150. The normalized spacial score (nSPS) is 12.9. The monoisotopic (exact) mass is 362 g/mol. The molecule has 2 nitrogen and oxygen atoms in total. The van der Waals surface area contributed by atoms with Crippen LogP contribution in [0.3, 0.4) is 0 Å². The van der Waals surface area contributed by atoms with Crippen molar-refractivity contribution in [3.8, 4) is 0 Å². The van der Waals surface area contributed by atoms with Crippen molar-refractivity contribution < 1.29 is 13.9 Å². The van der Waals surface area contributed by atoms with Crippen molar-refractivity contribution in [2.75, 3.05) is 0 Å². The van der Waals surface area contributed by atoms with Gasteiger partial charge in [0.15, 0.2) is 6.17 Å². The van der Waals surface area contributed by atoms with Crippen LogP contribution in [0.2, 0.25) is 0 Å². The Labute approximate surface area is 120 Å². The molecule has 0 aliphatic heterocycles. The van der Waals surface area contributed by atoms with Gasteiger partial charge in [0.25, 0.3) is 0 Å². The first-order valence-electron chi connectivity index (χ1n) is 5.52. The molecule has 0 saturated heterocycles. The summed E-state index contributed by atoms with van der Waals surface area (Å²) in [4.78, 5) is 11.7. The molecule has 0 bridgehead atoms. The van der Waals surface area contributed by atoms with Crippen molar-refractivity contribution in [2.45, 2.75) is 32.5 Å². The van der Waals surface area contributed by atoms with Gasteiger partial charge < -0.3 is 4.74 Å². The van der Waals surface area contributed by atoms with E-state index in [1.54, 1.807) is 39.0 Å². The fraction of sp³-hybridized carbons (Fsp3) is 0.357. The maximum atomic E-state index is 14.1. The van der Waals surface area contributed by atoms with Gasteiger partial charge in [0.2, 0.25) is 0 Å². The Kier molecular flexibility index (Phi) is 4.90. The molecule has 0 N–H and O–H groups in total. The molecule has 1 atom stereocenters. The number of carbonyl (C=O) groups is 1. The van der Waals surface area contributed by atoms with Gasteiger partial charge in [0.05, 0.1) is 5.57 Å². The fourth-order valence-corrected chi connectivity index (χ4v) is 1.88. The Bertz CT molecular complexity index is 463. The smallest absolute Gasteiger partial charge is 0.337 e. The van der Waals surface area contributed by atoms with Gasteiger partial charge in [0, 0.05) is 3.57 Å². The Balaban J connectivity index is 2.81. The highest BCUT2D eigenvalue weighted by atomic mass is 127. The second kappa shape index (κ2) is 5.82. The maximum absolute atomic E-state index is 14.1. The lowest BCUT2D eigenvalue weighted by Gasteiger charge is -2.21. The van der Waals surface area contributed by atoms with Gasteiger partial charge in [-0.15, -0.1) is 0 Å². The van der Waals surface area contributed by atoms with Gasteiger partial charge in [-0.1, -0.05) is 18.7 Å². The number of ether oxygens (including phenoxy) is 1. The molecular formula is C14H16FIO2. The van der Waals surface area contributed by atoms with Crippen molar-refractivity contribution >= 4 is 28.6 Å². The third kappa shape index (κ3) is 4.40. The zero-order chi connectivity index (χ0) is 13.9. The first kappa shape index (κ1) is 15.1. The van der Waals surface area contributed by atoms with Crippen molar-refractivity contribution in [3.05, 3.63) is 45.6 Å². The molecule has 0 saturated carbocycles. The van der Waals surface area contributed by atoms with Crippen LogP contribution in [0.1, 0.15) is 32.5 Å². The summed E-state index contributed by atoms with van der Waals surface area (Å²) >= 11 is 2.09. The summed E-state index contributed by atoms with van der Waals surface area (Å²) in [6.07, 6.45) is -1.53. The molecule has 4 heteroatoms. The van der Waals surface area contributed by atoms with Crippen LogP contribution in [0.15, 0.2) is 36.4 Å². The predicted molar refractivity (Wildman–Crippen MR) is 78.0 cm³/mol. The second-order valence-electron chi connectivity index (χ2n) is 4.94. The first-order chi connectivity index (χ1) is 8.20. The fourth-order valence-electron chi connectivity index (χ4n) is 1.31. The van der Waals surface area contributed by atoms with Crippen LogP contribution in [0.4, 0.5) is 4.39 Å². The van der Waals surface area contributed by atoms with Crippen LogP contribution < -0.4 is 0 Å². The van der Waals surface area contributed by atoms with E-state index in [9.17, 15) is 9.18 Å². The highest BCUT2D eigenvalue weighted by Gasteiger charge is 2.25. The van der Waals surface area contributed by atoms with Crippen LogP contribution in [-0.4, -0.2) is 11.6 Å². The average molecular weight is 362 g/mol. The lowest BCUT2D eigenvalue weighted by atomic mass is 10.0. The maximum Gasteiger partial charge on any atom is 0.337 e. The van der Waals surface area contributed by atoms with Crippen molar-refractivity contribution in [3.63, 3.8) is 0 Å². The average Bonchev–Trinajstić information content (AvgIpc) is 2.24. The molecule has 1 aromatic rings. The van der Waals surface area contributed by atoms with Crippen LogP contribution in [-0.2, 0) is 9.53 Å². The van der Waals surface area contributed by atoms with Gasteiger partial charge in [-0.05, 0) is 61.1 Å². The summed E-state index contributed by atoms with van der Waals surface area (Å²) in [5, 5.41) is 0. The van der Waals surface area contributed by atoms with Crippen molar-refractivity contribution in [1.82, 2.24) is 0 Å². The highest BCUT2D eigenvalue weighted by molar-refractivity contribution is 14.1. The van der Waals surface area contributed by atoms with Gasteiger partial charge in [0.1, 0.15) is 5.60 Å². The Morgan fingerprint density at radius 2 is 2.06 bits per heavy atom. The summed E-state index contributed by atoms with van der Waals surface area (Å²) in [7, 11) is 0. The Hall–Kier alpha value is -0.910. The SMILES string of the molecule is C=C(C(=O)OC(C)(C)C)C(F)c1cccc(I)c1. The van der Waals surface area contributed by atoms with Crippen molar-refractivity contribution in [1.29, 1.82) is 0 Å². The van der Waals surface area contributed by atoms with E-state index in [-0.39, 0.29) is 5.57 Å². The zero-order valence-corrected chi connectivity index (χ0v) is 12.8. The molecule has 98 valence electrons. The van der Waals surface area contributed by atoms with E-state index >= 15 is 0 Å². The number of hydrogen-bond acceptors (Lipinski definition) is 2. The third-order valence-corrected chi connectivity index (χ3v) is 2.78. The minimum Gasteiger partial charge on any atom is -0.457 e. The number of hydrogen-bond donors (Lipinski definition) is 0. The highest BCUT2D eigenvalue weighted by Crippen LogP contribution is 2.27. The van der Waals surface area contributed by atoms with Crippen LogP contribution in [0.5, 0.6) is 0 Å². The topological polar surface area (TPSA) is 26.3 Å². The molecule has 0 spiro atoms. The van der Waals surface area contributed by atoms with Crippen molar-refractivity contribution in [2.24, 2.45) is 0 Å². The summed E-state index contributed by atoms with van der Waals surface area (Å²) in [6.45, 7) is 8.69. The van der Waals surface area contributed by atoms with Gasteiger partial charge in [-0.3, -0.25) is 0 Å². The summed E-state index contributed by atoms with van der Waals surface area (Å²) < 4.78 is 20.1. The molecule has 0 fully saturated rings. The molecule has 1 aromatic carbocycles. The molecule has 1 unspecified atom stereocenters. The summed E-state index contributed by atoms with van der Waals surface area (Å²) in [5.74, 6) is -0.700. The Morgan fingerprint density at radius 3 is 2.56 bits per heavy atom. The predicted octanol–water partition coefficient (Wildman–Crippen LogP) is 4.20. The first-order valence-corrected chi connectivity index (χ1v) is 6.60. The molecule has 1 rings (SSSR count). The third-order valence-electron chi connectivity index (χ3n) is 2.11. The van der Waals surface area contributed by atoms with E-state index in [1.807, 2.05) is 6.07 Å².